The Balaban J connectivity index is 0.000000236. The smallest absolute Gasteiger partial charge is 0.152 e. The van der Waals surface area contributed by atoms with Gasteiger partial charge in [0.05, 0.1) is 0 Å². The SMILES string of the molecule is NC1CCCCC1.O=NO. The molecule has 0 unspecified atom stereocenters. The van der Waals surface area contributed by atoms with E-state index in [4.69, 9.17) is 15.8 Å². The Morgan fingerprint density at radius 3 is 1.90 bits per heavy atom. The molecule has 0 heterocycles. The molecule has 0 spiro atoms. The van der Waals surface area contributed by atoms with Crippen LogP contribution in [0.15, 0.2) is 5.34 Å². The third-order valence-electron chi connectivity index (χ3n) is 1.65. The minimum atomic E-state index is 0.536. The Kier molecular flexibility index (Phi) is 6.06. The first kappa shape index (κ1) is 9.36. The molecule has 1 saturated carbocycles. The molecule has 0 aromatic heterocycles. The third kappa shape index (κ3) is 5.50. The molecule has 0 aliphatic heterocycles. The number of rotatable bonds is 0. The molecule has 0 aromatic rings. The Morgan fingerprint density at radius 2 is 1.70 bits per heavy atom. The number of hydrogen-bond acceptors (Lipinski definition) is 3. The van der Waals surface area contributed by atoms with Crippen molar-refractivity contribution < 1.29 is 5.21 Å². The summed E-state index contributed by atoms with van der Waals surface area (Å²) in [5.41, 5.74) is 5.63. The van der Waals surface area contributed by atoms with Crippen molar-refractivity contribution in [1.82, 2.24) is 0 Å². The lowest BCUT2D eigenvalue weighted by Crippen LogP contribution is -2.22. The van der Waals surface area contributed by atoms with E-state index in [9.17, 15) is 0 Å². The maximum absolute atomic E-state index is 8.11. The molecule has 0 radical (unpaired) electrons. The minimum absolute atomic E-state index is 0.536. The van der Waals surface area contributed by atoms with Crippen LogP contribution in [0.1, 0.15) is 32.1 Å². The monoisotopic (exact) mass is 146 g/mol. The van der Waals surface area contributed by atoms with Gasteiger partial charge in [-0.3, -0.25) is 0 Å². The summed E-state index contributed by atoms with van der Waals surface area (Å²) in [6.45, 7) is 0. The lowest BCUT2D eigenvalue weighted by Gasteiger charge is -2.15. The van der Waals surface area contributed by atoms with E-state index < -0.39 is 0 Å². The van der Waals surface area contributed by atoms with Gasteiger partial charge in [0, 0.05) is 6.04 Å². The summed E-state index contributed by atoms with van der Waals surface area (Å²) in [7, 11) is 0. The second-order valence-corrected chi connectivity index (χ2v) is 2.48. The highest BCUT2D eigenvalue weighted by atomic mass is 16.6. The van der Waals surface area contributed by atoms with Crippen LogP contribution in [0.25, 0.3) is 0 Å². The fourth-order valence-electron chi connectivity index (χ4n) is 1.13. The van der Waals surface area contributed by atoms with Crippen molar-refractivity contribution in [2.45, 2.75) is 38.1 Å². The maximum Gasteiger partial charge on any atom is 0.152 e. The quantitative estimate of drug-likeness (QED) is 0.401. The van der Waals surface area contributed by atoms with Crippen LogP contribution >= 0.6 is 0 Å². The van der Waals surface area contributed by atoms with Gasteiger partial charge in [-0.25, -0.2) is 0 Å². The average molecular weight is 146 g/mol. The molecule has 0 atom stereocenters. The Labute approximate surface area is 60.3 Å². The van der Waals surface area contributed by atoms with Crippen LogP contribution in [-0.2, 0) is 0 Å². The molecular weight excluding hydrogens is 132 g/mol. The van der Waals surface area contributed by atoms with Gasteiger partial charge in [-0.2, -0.15) is 0 Å². The Bertz CT molecular complexity index is 81.8. The van der Waals surface area contributed by atoms with Gasteiger partial charge in [0.2, 0.25) is 0 Å². The van der Waals surface area contributed by atoms with E-state index in [0.717, 1.165) is 0 Å². The van der Waals surface area contributed by atoms with Crippen molar-refractivity contribution in [1.29, 1.82) is 0 Å². The van der Waals surface area contributed by atoms with E-state index in [0.29, 0.717) is 6.04 Å². The predicted molar refractivity (Wildman–Crippen MR) is 38.6 cm³/mol. The second kappa shape index (κ2) is 6.48. The lowest BCUT2D eigenvalue weighted by atomic mass is 9.97. The Hall–Kier alpha value is -0.640. The van der Waals surface area contributed by atoms with Crippen LogP contribution in [0.5, 0.6) is 0 Å². The standard InChI is InChI=1S/C6H13N.HNO2/c7-6-4-2-1-3-5-6;2-1-3/h6H,1-5,7H2;(H,2,3). The maximum atomic E-state index is 8.11. The average Bonchev–Trinajstić information content (AvgIpc) is 1.91. The van der Waals surface area contributed by atoms with Gasteiger partial charge in [-0.1, -0.05) is 19.3 Å². The van der Waals surface area contributed by atoms with E-state index in [1.165, 1.54) is 37.4 Å². The van der Waals surface area contributed by atoms with E-state index in [1.807, 2.05) is 0 Å². The van der Waals surface area contributed by atoms with Crippen molar-refractivity contribution in [2.24, 2.45) is 11.1 Å². The summed E-state index contributed by atoms with van der Waals surface area (Å²) in [6, 6.07) is 0.536. The van der Waals surface area contributed by atoms with Crippen molar-refractivity contribution in [3.05, 3.63) is 4.91 Å². The first-order valence-corrected chi connectivity index (χ1v) is 3.53. The minimum Gasteiger partial charge on any atom is -0.379 e. The van der Waals surface area contributed by atoms with Gasteiger partial charge in [0.15, 0.2) is 5.34 Å². The summed E-state index contributed by atoms with van der Waals surface area (Å²) in [5, 5.41) is 7.89. The predicted octanol–water partition coefficient (Wildman–Crippen LogP) is 1.42. The number of hydrogen-bond donors (Lipinski definition) is 2. The molecule has 0 saturated heterocycles. The molecule has 1 rings (SSSR count). The molecule has 10 heavy (non-hydrogen) atoms. The van der Waals surface area contributed by atoms with E-state index >= 15 is 0 Å². The normalized spacial score (nSPS) is 18.9. The zero-order chi connectivity index (χ0) is 7.82. The fraction of sp³-hybridized carbons (Fsp3) is 1.00. The summed E-state index contributed by atoms with van der Waals surface area (Å²) in [6.07, 6.45) is 6.66. The highest BCUT2D eigenvalue weighted by molar-refractivity contribution is 4.66. The molecule has 4 nitrogen and oxygen atoms in total. The molecule has 0 aromatic carbocycles. The largest absolute Gasteiger partial charge is 0.379 e. The van der Waals surface area contributed by atoms with Crippen LogP contribution in [0.3, 0.4) is 0 Å². The molecule has 4 heteroatoms. The van der Waals surface area contributed by atoms with Crippen molar-refractivity contribution in [3.63, 3.8) is 0 Å². The molecule has 0 bridgehead atoms. The zero-order valence-corrected chi connectivity index (χ0v) is 5.99. The van der Waals surface area contributed by atoms with Gasteiger partial charge in [0.25, 0.3) is 0 Å². The summed E-state index contributed by atoms with van der Waals surface area (Å²) < 4.78 is 0. The van der Waals surface area contributed by atoms with Crippen LogP contribution in [0, 0.1) is 4.91 Å². The van der Waals surface area contributed by atoms with Crippen LogP contribution < -0.4 is 5.73 Å². The first-order chi connectivity index (χ1) is 4.81. The lowest BCUT2D eigenvalue weighted by molar-refractivity contribution is 0.312. The fourth-order valence-corrected chi connectivity index (χ4v) is 1.13. The number of nitrogens with two attached hydrogens (primary N) is 1. The van der Waals surface area contributed by atoms with Crippen molar-refractivity contribution in [2.75, 3.05) is 0 Å². The molecule has 60 valence electrons. The summed E-state index contributed by atoms with van der Waals surface area (Å²) in [4.78, 5) is 8.11. The summed E-state index contributed by atoms with van der Waals surface area (Å²) in [5.74, 6) is 0. The molecule has 3 N–H and O–H groups in total. The zero-order valence-electron chi connectivity index (χ0n) is 5.99. The topological polar surface area (TPSA) is 75.7 Å². The van der Waals surface area contributed by atoms with E-state index in [2.05, 4.69) is 0 Å². The van der Waals surface area contributed by atoms with Gasteiger partial charge in [0.1, 0.15) is 0 Å². The highest BCUT2D eigenvalue weighted by Gasteiger charge is 2.06. The van der Waals surface area contributed by atoms with Crippen LogP contribution in [0.4, 0.5) is 0 Å². The third-order valence-corrected chi connectivity index (χ3v) is 1.65. The molecule has 1 aliphatic carbocycles. The van der Waals surface area contributed by atoms with Crippen molar-refractivity contribution in [3.8, 4) is 0 Å². The van der Waals surface area contributed by atoms with Gasteiger partial charge in [-0.15, -0.1) is 4.91 Å². The van der Waals surface area contributed by atoms with Gasteiger partial charge in [-0.05, 0) is 12.8 Å². The van der Waals surface area contributed by atoms with Crippen LogP contribution in [0.2, 0.25) is 0 Å². The summed E-state index contributed by atoms with van der Waals surface area (Å²) >= 11 is 0. The molecule has 0 amide bonds. The van der Waals surface area contributed by atoms with Gasteiger partial charge >= 0.3 is 0 Å². The first-order valence-electron chi connectivity index (χ1n) is 3.53. The van der Waals surface area contributed by atoms with E-state index in [-0.39, 0.29) is 0 Å². The Morgan fingerprint density at radius 1 is 1.30 bits per heavy atom. The number of nitrogens with zero attached hydrogens (tertiary/aromatic N) is 1. The molecule has 1 fully saturated rings. The molecular formula is C6H14N2O2. The van der Waals surface area contributed by atoms with E-state index in [1.54, 1.807) is 0 Å². The van der Waals surface area contributed by atoms with Crippen LogP contribution in [-0.4, -0.2) is 11.2 Å². The van der Waals surface area contributed by atoms with Crippen molar-refractivity contribution >= 4 is 0 Å². The highest BCUT2D eigenvalue weighted by Crippen LogP contribution is 2.14. The second-order valence-electron chi connectivity index (χ2n) is 2.48. The van der Waals surface area contributed by atoms with Gasteiger partial charge < -0.3 is 10.9 Å². The molecule has 1 aliphatic rings.